The van der Waals surface area contributed by atoms with E-state index in [2.05, 4.69) is 66.7 Å². The number of fused-ring (bicyclic) bond motifs is 4. The van der Waals surface area contributed by atoms with Crippen LogP contribution in [-0.4, -0.2) is 11.7 Å². The summed E-state index contributed by atoms with van der Waals surface area (Å²) >= 11 is 0. The number of benzene rings is 4. The molecule has 0 aliphatic heterocycles. The van der Waals surface area contributed by atoms with Gasteiger partial charge in [0.05, 0.1) is 0 Å². The Morgan fingerprint density at radius 2 is 1.33 bits per heavy atom. The van der Waals surface area contributed by atoms with E-state index in [1.54, 1.807) is 0 Å². The van der Waals surface area contributed by atoms with Gasteiger partial charge >= 0.3 is 0 Å². The molecule has 1 heteroatoms. The van der Waals surface area contributed by atoms with E-state index in [0.717, 1.165) is 0 Å². The van der Waals surface area contributed by atoms with Gasteiger partial charge in [-0.3, -0.25) is 0 Å². The average molecular weight is 272 g/mol. The molecule has 0 atom stereocenters. The van der Waals surface area contributed by atoms with Gasteiger partial charge in [0.1, 0.15) is 0 Å². The summed E-state index contributed by atoms with van der Waals surface area (Å²) < 4.78 is 0. The van der Waals surface area contributed by atoms with Crippen molar-refractivity contribution in [1.29, 1.82) is 0 Å². The van der Waals surface area contributed by atoms with Crippen LogP contribution in [0.4, 0.5) is 0 Å². The number of hydrogen-bond donors (Lipinski definition) is 1. The van der Waals surface area contributed by atoms with Crippen LogP contribution in [0.15, 0.2) is 66.7 Å². The number of aliphatic hydroxyl groups is 1. The molecule has 0 aliphatic carbocycles. The zero-order valence-electron chi connectivity index (χ0n) is 11.7. The lowest BCUT2D eigenvalue weighted by atomic mass is 9.97. The Morgan fingerprint density at radius 3 is 2.10 bits per heavy atom. The monoisotopic (exact) mass is 272 g/mol. The highest BCUT2D eigenvalue weighted by atomic mass is 16.2. The molecule has 0 saturated carbocycles. The van der Waals surface area contributed by atoms with E-state index in [0.29, 0.717) is 6.42 Å². The maximum absolute atomic E-state index is 9.08. The summed E-state index contributed by atoms with van der Waals surface area (Å²) in [6.07, 6.45) is 0.714. The van der Waals surface area contributed by atoms with Crippen molar-refractivity contribution in [2.24, 2.45) is 0 Å². The van der Waals surface area contributed by atoms with Gasteiger partial charge in [0.2, 0.25) is 0 Å². The number of hydrogen-bond acceptors (Lipinski definition) is 1. The van der Waals surface area contributed by atoms with Crippen LogP contribution in [0.5, 0.6) is 0 Å². The fraction of sp³-hybridized carbons (Fsp3) is 0.100. The minimum absolute atomic E-state index is 0.198. The summed E-state index contributed by atoms with van der Waals surface area (Å²) in [7, 11) is 0. The highest BCUT2D eigenvalue weighted by Gasteiger charge is 2.03. The molecule has 0 bridgehead atoms. The largest absolute Gasteiger partial charge is 0.396 e. The van der Waals surface area contributed by atoms with Crippen LogP contribution in [0.25, 0.3) is 32.3 Å². The molecule has 4 aromatic rings. The topological polar surface area (TPSA) is 20.2 Å². The quantitative estimate of drug-likeness (QED) is 0.415. The summed E-state index contributed by atoms with van der Waals surface area (Å²) in [5, 5.41) is 16.7. The molecule has 4 aromatic carbocycles. The molecule has 0 saturated heterocycles. The van der Waals surface area contributed by atoms with Crippen molar-refractivity contribution in [3.63, 3.8) is 0 Å². The molecule has 0 radical (unpaired) electrons. The second kappa shape index (κ2) is 4.87. The zero-order valence-corrected chi connectivity index (χ0v) is 11.7. The molecule has 4 rings (SSSR count). The molecule has 0 aliphatic rings. The molecule has 0 aromatic heterocycles. The van der Waals surface area contributed by atoms with Crippen LogP contribution < -0.4 is 0 Å². The van der Waals surface area contributed by atoms with E-state index in [1.807, 2.05) is 0 Å². The number of rotatable bonds is 2. The van der Waals surface area contributed by atoms with Crippen LogP contribution >= 0.6 is 0 Å². The standard InChI is InChI=1S/C20H16O/c21-10-9-14-5-8-19-17(11-14)6-7-18-12-15-3-1-2-4-16(15)13-20(18)19/h1-8,11-13,21H,9-10H2. The Kier molecular flexibility index (Phi) is 2.87. The fourth-order valence-electron chi connectivity index (χ4n) is 3.09. The Labute approximate surface area is 123 Å². The Morgan fingerprint density at radius 1 is 0.619 bits per heavy atom. The van der Waals surface area contributed by atoms with Crippen molar-refractivity contribution in [2.75, 3.05) is 6.61 Å². The molecule has 0 spiro atoms. The Hall–Kier alpha value is -2.38. The molecule has 0 unspecified atom stereocenters. The van der Waals surface area contributed by atoms with Crippen LogP contribution in [0.1, 0.15) is 5.56 Å². The predicted molar refractivity (Wildman–Crippen MR) is 89.7 cm³/mol. The second-order valence-corrected chi connectivity index (χ2v) is 5.52. The molecule has 102 valence electrons. The SMILES string of the molecule is OCCc1ccc2c(ccc3cc4ccccc4cc32)c1. The maximum Gasteiger partial charge on any atom is 0.0471 e. The Bertz CT molecular complexity index is 954. The highest BCUT2D eigenvalue weighted by Crippen LogP contribution is 2.30. The van der Waals surface area contributed by atoms with Crippen molar-refractivity contribution in [2.45, 2.75) is 6.42 Å². The van der Waals surface area contributed by atoms with Gasteiger partial charge in [0.15, 0.2) is 0 Å². The number of aliphatic hydroxyl groups excluding tert-OH is 1. The first-order chi connectivity index (χ1) is 10.3. The van der Waals surface area contributed by atoms with Crippen LogP contribution in [0.2, 0.25) is 0 Å². The van der Waals surface area contributed by atoms with Crippen LogP contribution in [0, 0.1) is 0 Å². The summed E-state index contributed by atoms with van der Waals surface area (Å²) in [5.41, 5.74) is 1.19. The molecule has 1 nitrogen and oxygen atoms in total. The lowest BCUT2D eigenvalue weighted by Crippen LogP contribution is -1.90. The smallest absolute Gasteiger partial charge is 0.0471 e. The fourth-order valence-corrected chi connectivity index (χ4v) is 3.09. The van der Waals surface area contributed by atoms with E-state index in [4.69, 9.17) is 5.11 Å². The van der Waals surface area contributed by atoms with E-state index < -0.39 is 0 Å². The minimum Gasteiger partial charge on any atom is -0.396 e. The third-order valence-electron chi connectivity index (χ3n) is 4.17. The predicted octanol–water partition coefficient (Wildman–Crippen LogP) is 4.68. The normalized spacial score (nSPS) is 11.5. The molecule has 21 heavy (non-hydrogen) atoms. The highest BCUT2D eigenvalue weighted by molar-refractivity contribution is 6.12. The van der Waals surface area contributed by atoms with Gasteiger partial charge in [0, 0.05) is 6.61 Å². The molecule has 0 amide bonds. The van der Waals surface area contributed by atoms with E-state index in [9.17, 15) is 0 Å². The van der Waals surface area contributed by atoms with Gasteiger partial charge in [0.25, 0.3) is 0 Å². The minimum atomic E-state index is 0.198. The molecule has 0 fully saturated rings. The summed E-state index contributed by atoms with van der Waals surface area (Å²) in [4.78, 5) is 0. The summed E-state index contributed by atoms with van der Waals surface area (Å²) in [6.45, 7) is 0.198. The van der Waals surface area contributed by atoms with Crippen molar-refractivity contribution in [3.8, 4) is 0 Å². The van der Waals surface area contributed by atoms with Crippen LogP contribution in [-0.2, 0) is 6.42 Å². The van der Waals surface area contributed by atoms with Gasteiger partial charge in [-0.15, -0.1) is 0 Å². The lowest BCUT2D eigenvalue weighted by Gasteiger charge is -2.08. The van der Waals surface area contributed by atoms with Gasteiger partial charge in [-0.25, -0.2) is 0 Å². The first-order valence-electron chi connectivity index (χ1n) is 7.30. The molecular weight excluding hydrogens is 256 g/mol. The van der Waals surface area contributed by atoms with Crippen LogP contribution in [0.3, 0.4) is 0 Å². The van der Waals surface area contributed by atoms with Gasteiger partial charge in [-0.2, -0.15) is 0 Å². The summed E-state index contributed by atoms with van der Waals surface area (Å²) in [5.74, 6) is 0. The third-order valence-corrected chi connectivity index (χ3v) is 4.17. The van der Waals surface area contributed by atoms with Crippen molar-refractivity contribution >= 4 is 32.3 Å². The third kappa shape index (κ3) is 2.07. The molecule has 0 heterocycles. The van der Waals surface area contributed by atoms with E-state index in [1.165, 1.54) is 37.9 Å². The van der Waals surface area contributed by atoms with Crippen molar-refractivity contribution in [3.05, 3.63) is 72.3 Å². The van der Waals surface area contributed by atoms with E-state index >= 15 is 0 Å². The molecule has 1 N–H and O–H groups in total. The zero-order chi connectivity index (χ0) is 14.2. The lowest BCUT2D eigenvalue weighted by molar-refractivity contribution is 0.299. The first kappa shape index (κ1) is 12.4. The van der Waals surface area contributed by atoms with Gasteiger partial charge < -0.3 is 5.11 Å². The second-order valence-electron chi connectivity index (χ2n) is 5.52. The summed E-state index contributed by atoms with van der Waals surface area (Å²) in [6, 6.07) is 23.8. The van der Waals surface area contributed by atoms with Gasteiger partial charge in [-0.05, 0) is 56.4 Å². The Balaban J connectivity index is 2.05. The van der Waals surface area contributed by atoms with E-state index in [-0.39, 0.29) is 6.61 Å². The first-order valence-corrected chi connectivity index (χ1v) is 7.30. The van der Waals surface area contributed by atoms with Crippen molar-refractivity contribution < 1.29 is 5.11 Å². The average Bonchev–Trinajstić information content (AvgIpc) is 2.53. The molecular formula is C20H16O. The van der Waals surface area contributed by atoms with Crippen molar-refractivity contribution in [1.82, 2.24) is 0 Å². The van der Waals surface area contributed by atoms with Gasteiger partial charge in [-0.1, -0.05) is 54.6 Å². The maximum atomic E-state index is 9.08.